The molecular weight excluding hydrogens is 383 g/mol. The van der Waals surface area contributed by atoms with E-state index < -0.39 is 12.0 Å². The molecule has 0 aliphatic heterocycles. The molecule has 5 nitrogen and oxygen atoms in total. The van der Waals surface area contributed by atoms with E-state index in [-0.39, 0.29) is 18.2 Å². The molecule has 1 heterocycles. The summed E-state index contributed by atoms with van der Waals surface area (Å²) in [6, 6.07) is 18.3. The molecule has 0 radical (unpaired) electrons. The number of aromatic nitrogens is 1. The van der Waals surface area contributed by atoms with Crippen molar-refractivity contribution in [2.75, 3.05) is 6.61 Å². The van der Waals surface area contributed by atoms with Gasteiger partial charge in [-0.3, -0.25) is 15.0 Å². The first-order valence-electron chi connectivity index (χ1n) is 9.90. The minimum Gasteiger partial charge on any atom is -0.377 e. The zero-order valence-corrected chi connectivity index (χ0v) is 16.8. The molecule has 1 aromatic heterocycles. The van der Waals surface area contributed by atoms with Crippen LogP contribution in [0.4, 0.5) is 4.39 Å². The van der Waals surface area contributed by atoms with E-state index in [0.29, 0.717) is 13.0 Å². The number of benzene rings is 2. The number of carbonyl (C=O) groups excluding carboxylic acids is 1. The number of amides is 1. The first-order chi connectivity index (χ1) is 14.6. The lowest BCUT2D eigenvalue weighted by Crippen LogP contribution is -2.31. The van der Waals surface area contributed by atoms with Crippen molar-refractivity contribution >= 4 is 5.91 Å². The van der Waals surface area contributed by atoms with Crippen molar-refractivity contribution in [1.29, 1.82) is 0 Å². The molecule has 0 aliphatic carbocycles. The molecule has 6 heteroatoms. The molecule has 2 aromatic carbocycles. The highest BCUT2D eigenvalue weighted by atomic mass is 19.1. The second-order valence-corrected chi connectivity index (χ2v) is 7.03. The number of hydrogen-bond acceptors (Lipinski definition) is 4. The van der Waals surface area contributed by atoms with Crippen LogP contribution in [-0.4, -0.2) is 28.8 Å². The summed E-state index contributed by atoms with van der Waals surface area (Å²) >= 11 is 0. The second kappa shape index (κ2) is 10.6. The average Bonchev–Trinajstić information content (AvgIpc) is 2.78. The van der Waals surface area contributed by atoms with Crippen LogP contribution in [0.2, 0.25) is 0 Å². The number of hydroxylamine groups is 1. The predicted octanol–water partition coefficient (Wildman–Crippen LogP) is 4.51. The largest absolute Gasteiger partial charge is 0.377 e. The lowest BCUT2D eigenvalue weighted by Gasteiger charge is -2.27. The Balaban J connectivity index is 1.94. The van der Waals surface area contributed by atoms with Crippen molar-refractivity contribution in [3.05, 3.63) is 90.0 Å². The number of hydrogen-bond donors (Lipinski definition) is 2. The molecule has 30 heavy (non-hydrogen) atoms. The summed E-state index contributed by atoms with van der Waals surface area (Å²) in [5.74, 6) is -1.04. The van der Waals surface area contributed by atoms with Gasteiger partial charge in [0, 0.05) is 24.9 Å². The number of nitrogens with one attached hydrogen (secondary N) is 1. The summed E-state index contributed by atoms with van der Waals surface area (Å²) in [6.45, 7) is 2.27. The fraction of sp³-hybridized carbons (Fsp3) is 0.250. The van der Waals surface area contributed by atoms with Crippen LogP contribution in [0.15, 0.2) is 73.1 Å². The third-order valence-corrected chi connectivity index (χ3v) is 5.04. The van der Waals surface area contributed by atoms with Gasteiger partial charge in [-0.05, 0) is 59.9 Å². The van der Waals surface area contributed by atoms with Crippen LogP contribution in [0.25, 0.3) is 11.1 Å². The van der Waals surface area contributed by atoms with E-state index in [1.807, 2.05) is 37.3 Å². The van der Waals surface area contributed by atoms with Gasteiger partial charge >= 0.3 is 0 Å². The van der Waals surface area contributed by atoms with Crippen LogP contribution in [0.3, 0.4) is 0 Å². The zero-order chi connectivity index (χ0) is 21.3. The van der Waals surface area contributed by atoms with E-state index in [1.165, 1.54) is 12.1 Å². The first-order valence-corrected chi connectivity index (χ1v) is 9.90. The van der Waals surface area contributed by atoms with E-state index in [0.717, 1.165) is 22.3 Å². The molecule has 0 fully saturated rings. The van der Waals surface area contributed by atoms with E-state index in [9.17, 15) is 9.18 Å². The predicted molar refractivity (Wildman–Crippen MR) is 112 cm³/mol. The molecule has 2 N–H and O–H groups in total. The summed E-state index contributed by atoms with van der Waals surface area (Å²) in [6.07, 6.45) is 3.62. The van der Waals surface area contributed by atoms with Gasteiger partial charge in [0.25, 0.3) is 0 Å². The van der Waals surface area contributed by atoms with E-state index in [1.54, 1.807) is 30.0 Å². The Labute approximate surface area is 175 Å². The third-order valence-electron chi connectivity index (χ3n) is 5.04. The van der Waals surface area contributed by atoms with Gasteiger partial charge in [0.1, 0.15) is 5.82 Å². The van der Waals surface area contributed by atoms with Gasteiger partial charge in [0.05, 0.1) is 12.5 Å². The Bertz CT molecular complexity index is 948. The van der Waals surface area contributed by atoms with Crippen molar-refractivity contribution in [3.63, 3.8) is 0 Å². The molecule has 0 saturated carbocycles. The van der Waals surface area contributed by atoms with Crippen LogP contribution in [0.5, 0.6) is 0 Å². The molecule has 0 bridgehead atoms. The summed E-state index contributed by atoms with van der Waals surface area (Å²) in [5, 5.41) is 8.98. The van der Waals surface area contributed by atoms with Gasteiger partial charge < -0.3 is 4.74 Å². The topological polar surface area (TPSA) is 71.5 Å². The van der Waals surface area contributed by atoms with Crippen molar-refractivity contribution in [1.82, 2.24) is 10.5 Å². The number of nitrogens with zero attached hydrogens (tertiary/aromatic N) is 1. The summed E-state index contributed by atoms with van der Waals surface area (Å²) < 4.78 is 19.4. The van der Waals surface area contributed by atoms with Crippen molar-refractivity contribution in [3.8, 4) is 11.1 Å². The van der Waals surface area contributed by atoms with Gasteiger partial charge in [-0.15, -0.1) is 0 Å². The molecule has 0 aliphatic rings. The summed E-state index contributed by atoms with van der Waals surface area (Å²) in [7, 11) is 0. The maximum atomic E-state index is 13.5. The van der Waals surface area contributed by atoms with Crippen molar-refractivity contribution in [2.45, 2.75) is 31.8 Å². The minimum atomic E-state index is -0.522. The standard InChI is InChI=1S/C24H25FN2O3/c1-2-30-23(16-24(28)27-29)22(19-6-8-21(25)9-7-19)15-17-4-3-5-20(14-17)18-10-12-26-13-11-18/h3-14,22-23,29H,2,15-16H2,1H3,(H,27,28)/t22?,23-/m1/s1. The van der Waals surface area contributed by atoms with Gasteiger partial charge in [-0.1, -0.05) is 36.4 Å². The molecule has 0 spiro atoms. The van der Waals surface area contributed by atoms with Gasteiger partial charge in [-0.25, -0.2) is 9.87 Å². The number of ether oxygens (including phenoxy) is 1. The molecule has 3 aromatic rings. The fourth-order valence-corrected chi connectivity index (χ4v) is 3.61. The van der Waals surface area contributed by atoms with Crippen LogP contribution < -0.4 is 5.48 Å². The van der Waals surface area contributed by atoms with Crippen molar-refractivity contribution in [2.24, 2.45) is 0 Å². The Morgan fingerprint density at radius 1 is 1.10 bits per heavy atom. The Hall–Kier alpha value is -3.09. The van der Waals surface area contributed by atoms with Crippen LogP contribution in [0, 0.1) is 5.82 Å². The molecule has 3 rings (SSSR count). The maximum Gasteiger partial charge on any atom is 0.245 e. The molecule has 0 saturated heterocycles. The third kappa shape index (κ3) is 5.72. The average molecular weight is 408 g/mol. The summed E-state index contributed by atoms with van der Waals surface area (Å²) in [5.41, 5.74) is 5.74. The van der Waals surface area contributed by atoms with Crippen LogP contribution in [-0.2, 0) is 16.0 Å². The number of rotatable bonds is 9. The van der Waals surface area contributed by atoms with Gasteiger partial charge in [0.2, 0.25) is 5.91 Å². The van der Waals surface area contributed by atoms with E-state index >= 15 is 0 Å². The SMILES string of the molecule is CCO[C@H](CC(=O)NO)C(Cc1cccc(-c2ccncc2)c1)c1ccc(F)cc1. The number of pyridine rings is 1. The van der Waals surface area contributed by atoms with Crippen molar-refractivity contribution < 1.29 is 19.1 Å². The Kier molecular flexibility index (Phi) is 7.65. The van der Waals surface area contributed by atoms with Crippen LogP contribution >= 0.6 is 0 Å². The highest BCUT2D eigenvalue weighted by Gasteiger charge is 2.27. The quantitative estimate of drug-likeness (QED) is 0.404. The molecule has 1 unspecified atom stereocenters. The lowest BCUT2D eigenvalue weighted by molar-refractivity contribution is -0.132. The summed E-state index contributed by atoms with van der Waals surface area (Å²) in [4.78, 5) is 15.9. The molecular formula is C24H25FN2O3. The van der Waals surface area contributed by atoms with Gasteiger partial charge in [0.15, 0.2) is 0 Å². The second-order valence-electron chi connectivity index (χ2n) is 7.03. The highest BCUT2D eigenvalue weighted by Crippen LogP contribution is 2.30. The maximum absolute atomic E-state index is 13.5. The smallest absolute Gasteiger partial charge is 0.245 e. The molecule has 2 atom stereocenters. The number of halogens is 1. The van der Waals surface area contributed by atoms with Gasteiger partial charge in [-0.2, -0.15) is 0 Å². The normalized spacial score (nSPS) is 12.9. The minimum absolute atomic E-state index is 0.00354. The molecule has 156 valence electrons. The monoisotopic (exact) mass is 408 g/mol. The zero-order valence-electron chi connectivity index (χ0n) is 16.8. The number of carbonyl (C=O) groups is 1. The molecule has 1 amide bonds. The van der Waals surface area contributed by atoms with E-state index in [4.69, 9.17) is 9.94 Å². The van der Waals surface area contributed by atoms with Crippen LogP contribution in [0.1, 0.15) is 30.4 Å². The highest BCUT2D eigenvalue weighted by molar-refractivity contribution is 5.75. The lowest BCUT2D eigenvalue weighted by atomic mass is 9.85. The first kappa shape index (κ1) is 21.6. The van der Waals surface area contributed by atoms with E-state index in [2.05, 4.69) is 11.1 Å². The Morgan fingerprint density at radius 3 is 2.50 bits per heavy atom. The Morgan fingerprint density at radius 2 is 1.83 bits per heavy atom. The fourth-order valence-electron chi connectivity index (χ4n) is 3.61.